The lowest BCUT2D eigenvalue weighted by atomic mass is 9.92. The van der Waals surface area contributed by atoms with Gasteiger partial charge in [0.15, 0.2) is 0 Å². The van der Waals surface area contributed by atoms with Crippen LogP contribution in [0.1, 0.15) is 22.9 Å². The molecule has 0 bridgehead atoms. The fraction of sp³-hybridized carbons (Fsp3) is 0.192. The molecule has 0 saturated carbocycles. The first kappa shape index (κ1) is 21.2. The maximum atomic E-state index is 13.4. The van der Waals surface area contributed by atoms with Gasteiger partial charge in [-0.3, -0.25) is 0 Å². The van der Waals surface area contributed by atoms with E-state index in [9.17, 15) is 4.79 Å². The van der Waals surface area contributed by atoms with Crippen LogP contribution in [0.4, 0.5) is 10.5 Å². The summed E-state index contributed by atoms with van der Waals surface area (Å²) in [6, 6.07) is 20.6. The highest BCUT2D eigenvalue weighted by Crippen LogP contribution is 2.40. The van der Waals surface area contributed by atoms with Gasteiger partial charge in [0.2, 0.25) is 0 Å². The lowest BCUT2D eigenvalue weighted by Crippen LogP contribution is -2.43. The van der Waals surface area contributed by atoms with Gasteiger partial charge >= 0.3 is 6.03 Å². The molecule has 1 aliphatic rings. The van der Waals surface area contributed by atoms with E-state index in [-0.39, 0.29) is 12.1 Å². The molecular formula is C26H24ClN3O3. The minimum absolute atomic E-state index is 0.167. The lowest BCUT2D eigenvalue weighted by molar-refractivity contribution is 0.193. The van der Waals surface area contributed by atoms with Gasteiger partial charge in [0.1, 0.15) is 11.5 Å². The number of H-pyrrole nitrogens is 1. The Morgan fingerprint density at radius 1 is 1.00 bits per heavy atom. The van der Waals surface area contributed by atoms with E-state index in [1.807, 2.05) is 41.3 Å². The molecule has 0 saturated heterocycles. The van der Waals surface area contributed by atoms with Gasteiger partial charge in [-0.2, -0.15) is 0 Å². The van der Waals surface area contributed by atoms with E-state index in [0.717, 1.165) is 40.1 Å². The number of nitrogens with one attached hydrogen (secondary N) is 2. The Kier molecular flexibility index (Phi) is 5.60. The van der Waals surface area contributed by atoms with Crippen LogP contribution in [-0.4, -0.2) is 36.7 Å². The Morgan fingerprint density at radius 3 is 2.39 bits per heavy atom. The normalized spacial score (nSPS) is 15.2. The minimum Gasteiger partial charge on any atom is -0.497 e. The molecule has 0 radical (unpaired) electrons. The van der Waals surface area contributed by atoms with Crippen LogP contribution in [0.25, 0.3) is 10.9 Å². The van der Waals surface area contributed by atoms with Crippen molar-refractivity contribution in [3.05, 3.63) is 88.6 Å². The number of aromatic nitrogens is 1. The summed E-state index contributed by atoms with van der Waals surface area (Å²) >= 11 is 5.99. The molecule has 0 fully saturated rings. The summed E-state index contributed by atoms with van der Waals surface area (Å²) in [5, 5.41) is 4.76. The second kappa shape index (κ2) is 8.71. The Hall–Kier alpha value is -3.64. The van der Waals surface area contributed by atoms with Gasteiger partial charge in [-0.1, -0.05) is 23.7 Å². The van der Waals surface area contributed by atoms with Crippen LogP contribution in [0.5, 0.6) is 11.5 Å². The van der Waals surface area contributed by atoms with Gasteiger partial charge < -0.3 is 24.7 Å². The molecule has 6 nitrogen and oxygen atoms in total. The minimum atomic E-state index is -0.273. The van der Waals surface area contributed by atoms with Crippen LogP contribution >= 0.6 is 11.6 Å². The molecule has 1 unspecified atom stereocenters. The van der Waals surface area contributed by atoms with Gasteiger partial charge in [-0.05, 0) is 72.1 Å². The number of amides is 2. The van der Waals surface area contributed by atoms with Gasteiger partial charge in [-0.25, -0.2) is 4.79 Å². The van der Waals surface area contributed by atoms with E-state index in [2.05, 4.69) is 16.4 Å². The molecule has 3 aromatic carbocycles. The first-order valence-electron chi connectivity index (χ1n) is 10.7. The van der Waals surface area contributed by atoms with Crippen molar-refractivity contribution in [1.29, 1.82) is 0 Å². The van der Waals surface area contributed by atoms with E-state index < -0.39 is 0 Å². The quantitative estimate of drug-likeness (QED) is 0.390. The van der Waals surface area contributed by atoms with Crippen molar-refractivity contribution in [2.75, 3.05) is 26.1 Å². The van der Waals surface area contributed by atoms with E-state index in [1.165, 1.54) is 5.56 Å². The molecule has 33 heavy (non-hydrogen) atoms. The average molecular weight is 462 g/mol. The molecule has 0 aliphatic carbocycles. The number of aromatic amines is 1. The van der Waals surface area contributed by atoms with Crippen molar-refractivity contribution in [1.82, 2.24) is 9.88 Å². The number of halogens is 1. The van der Waals surface area contributed by atoms with E-state index >= 15 is 0 Å². The summed E-state index contributed by atoms with van der Waals surface area (Å²) in [6.45, 7) is 0.577. The zero-order valence-corrected chi connectivity index (χ0v) is 19.1. The summed E-state index contributed by atoms with van der Waals surface area (Å²) < 4.78 is 10.8. The topological polar surface area (TPSA) is 66.6 Å². The molecule has 1 aromatic heterocycles. The Balaban J connectivity index is 1.57. The molecule has 1 atom stereocenters. The van der Waals surface area contributed by atoms with Crippen molar-refractivity contribution in [3.63, 3.8) is 0 Å². The molecular weight excluding hydrogens is 438 g/mol. The summed E-state index contributed by atoms with van der Waals surface area (Å²) in [4.78, 5) is 18.8. The Bertz CT molecular complexity index is 1300. The van der Waals surface area contributed by atoms with Crippen LogP contribution in [0.15, 0.2) is 66.7 Å². The number of ether oxygens (including phenoxy) is 2. The third kappa shape index (κ3) is 3.98. The van der Waals surface area contributed by atoms with Crippen molar-refractivity contribution in [2.24, 2.45) is 0 Å². The fourth-order valence-electron chi connectivity index (χ4n) is 4.47. The zero-order valence-electron chi connectivity index (χ0n) is 18.4. The number of hydrogen-bond acceptors (Lipinski definition) is 3. The first-order valence-corrected chi connectivity index (χ1v) is 11.1. The molecule has 0 spiro atoms. The van der Waals surface area contributed by atoms with Crippen molar-refractivity contribution < 1.29 is 14.3 Å². The number of benzene rings is 3. The molecule has 7 heteroatoms. The van der Waals surface area contributed by atoms with Crippen LogP contribution < -0.4 is 14.8 Å². The molecule has 2 amide bonds. The van der Waals surface area contributed by atoms with Gasteiger partial charge in [0, 0.05) is 33.9 Å². The summed E-state index contributed by atoms with van der Waals surface area (Å²) in [5.41, 5.74) is 4.95. The number of methoxy groups -OCH3 is 2. The number of hydrogen-bond donors (Lipinski definition) is 2. The SMILES string of the molecule is COc1ccc(C2c3[nH]c4ccc(OC)cc4c3CCN2C(=O)Nc2ccc(Cl)cc2)cc1. The number of rotatable bonds is 4. The van der Waals surface area contributed by atoms with Gasteiger partial charge in [0.25, 0.3) is 0 Å². The van der Waals surface area contributed by atoms with Gasteiger partial charge in [-0.15, -0.1) is 0 Å². The maximum Gasteiger partial charge on any atom is 0.322 e. The predicted octanol–water partition coefficient (Wildman–Crippen LogP) is 6.02. The highest BCUT2D eigenvalue weighted by Gasteiger charge is 2.34. The number of carbonyl (C=O) groups excluding carboxylic acids is 1. The van der Waals surface area contributed by atoms with Crippen molar-refractivity contribution in [2.45, 2.75) is 12.5 Å². The fourth-order valence-corrected chi connectivity index (χ4v) is 4.60. The van der Waals surface area contributed by atoms with Crippen LogP contribution in [0.2, 0.25) is 5.02 Å². The number of urea groups is 1. The number of nitrogens with zero attached hydrogens (tertiary/aromatic N) is 1. The number of fused-ring (bicyclic) bond motifs is 3. The molecule has 168 valence electrons. The average Bonchev–Trinajstić information content (AvgIpc) is 3.22. The standard InChI is InChI=1S/C26H24ClN3O3/c1-32-19-9-3-16(4-10-19)25-24-21(22-15-20(33-2)11-12-23(22)29-24)13-14-30(25)26(31)28-18-7-5-17(27)6-8-18/h3-12,15,25,29H,13-14H2,1-2H3,(H,28,31). The zero-order chi connectivity index (χ0) is 22.9. The van der Waals surface area contributed by atoms with Crippen LogP contribution in [-0.2, 0) is 6.42 Å². The first-order chi connectivity index (χ1) is 16.1. The van der Waals surface area contributed by atoms with Crippen LogP contribution in [0.3, 0.4) is 0 Å². The van der Waals surface area contributed by atoms with Crippen LogP contribution in [0, 0.1) is 0 Å². The summed E-state index contributed by atoms with van der Waals surface area (Å²) in [5.74, 6) is 1.58. The molecule has 2 heterocycles. The Labute approximate surface area is 197 Å². The molecule has 4 aromatic rings. The summed E-state index contributed by atoms with van der Waals surface area (Å²) in [7, 11) is 3.31. The Morgan fingerprint density at radius 2 is 1.70 bits per heavy atom. The van der Waals surface area contributed by atoms with E-state index in [1.54, 1.807) is 38.5 Å². The monoisotopic (exact) mass is 461 g/mol. The third-order valence-electron chi connectivity index (χ3n) is 6.12. The van der Waals surface area contributed by atoms with E-state index in [4.69, 9.17) is 21.1 Å². The molecule has 2 N–H and O–H groups in total. The van der Waals surface area contributed by atoms with E-state index in [0.29, 0.717) is 17.3 Å². The van der Waals surface area contributed by atoms with Gasteiger partial charge in [0.05, 0.1) is 20.3 Å². The predicted molar refractivity (Wildman–Crippen MR) is 131 cm³/mol. The molecule has 1 aliphatic heterocycles. The number of anilines is 1. The third-order valence-corrected chi connectivity index (χ3v) is 6.37. The number of carbonyl (C=O) groups is 1. The molecule has 5 rings (SSSR count). The highest BCUT2D eigenvalue weighted by molar-refractivity contribution is 6.30. The second-order valence-corrected chi connectivity index (χ2v) is 8.42. The lowest BCUT2D eigenvalue weighted by Gasteiger charge is -2.36. The maximum absolute atomic E-state index is 13.4. The second-order valence-electron chi connectivity index (χ2n) is 7.98. The smallest absolute Gasteiger partial charge is 0.322 e. The highest BCUT2D eigenvalue weighted by atomic mass is 35.5. The largest absolute Gasteiger partial charge is 0.497 e. The van der Waals surface area contributed by atoms with Crippen molar-refractivity contribution >= 4 is 34.2 Å². The summed E-state index contributed by atoms with van der Waals surface area (Å²) in [6.07, 6.45) is 0.739. The van der Waals surface area contributed by atoms with Crippen molar-refractivity contribution in [3.8, 4) is 11.5 Å².